The Morgan fingerprint density at radius 1 is 1.04 bits per heavy atom. The Kier molecular flexibility index (Phi) is 7.47. The molecule has 1 aliphatic heterocycles. The van der Waals surface area contributed by atoms with E-state index in [1.165, 1.54) is 5.56 Å². The fourth-order valence-corrected chi connectivity index (χ4v) is 3.46. The zero-order valence-corrected chi connectivity index (χ0v) is 17.2. The van der Waals surface area contributed by atoms with Gasteiger partial charge in [-0.1, -0.05) is 13.8 Å². The lowest BCUT2D eigenvalue weighted by molar-refractivity contribution is 0.112. The van der Waals surface area contributed by atoms with Crippen LogP contribution in [0.15, 0.2) is 17.1 Å². The van der Waals surface area contributed by atoms with E-state index in [-0.39, 0.29) is 5.54 Å². The highest BCUT2D eigenvalue weighted by molar-refractivity contribution is 6.03. The summed E-state index contributed by atoms with van der Waals surface area (Å²) in [4.78, 5) is 7.35. The van der Waals surface area contributed by atoms with Crippen molar-refractivity contribution in [2.45, 2.75) is 46.1 Å². The van der Waals surface area contributed by atoms with Crippen LogP contribution < -0.4 is 9.47 Å². The summed E-state index contributed by atoms with van der Waals surface area (Å²) in [5.41, 5.74) is 3.42. The van der Waals surface area contributed by atoms with Crippen LogP contribution in [-0.4, -0.2) is 63.2 Å². The van der Waals surface area contributed by atoms with Crippen LogP contribution in [0.25, 0.3) is 0 Å². The molecule has 0 aliphatic carbocycles. The number of ether oxygens (including phenoxy) is 3. The van der Waals surface area contributed by atoms with E-state index in [4.69, 9.17) is 19.2 Å². The molecule has 0 N–H and O–H groups in total. The van der Waals surface area contributed by atoms with Gasteiger partial charge in [0.25, 0.3) is 0 Å². The van der Waals surface area contributed by atoms with Crippen LogP contribution in [-0.2, 0) is 11.2 Å². The second-order valence-electron chi connectivity index (χ2n) is 7.30. The lowest BCUT2D eigenvalue weighted by Gasteiger charge is -2.30. The molecule has 1 heterocycles. The summed E-state index contributed by atoms with van der Waals surface area (Å²) in [5, 5.41) is 0. The molecule has 0 fully saturated rings. The van der Waals surface area contributed by atoms with Gasteiger partial charge in [-0.2, -0.15) is 0 Å². The van der Waals surface area contributed by atoms with Gasteiger partial charge in [-0.05, 0) is 51.1 Å². The molecule has 0 atom stereocenters. The Labute approximate surface area is 158 Å². The minimum atomic E-state index is -0.108. The summed E-state index contributed by atoms with van der Waals surface area (Å²) in [5.74, 6) is 1.53. The standard InChI is InChI=1S/C21H34N2O3/c1-7-23(8-2)10-12-26-11-9-18-17-14-20(25-6)19(24-5)13-16(17)15-21(3,4)22-18/h13-14H,7-12,15H2,1-6H3. The lowest BCUT2D eigenvalue weighted by Crippen LogP contribution is -2.30. The van der Waals surface area contributed by atoms with Gasteiger partial charge in [0, 0.05) is 24.2 Å². The number of fused-ring (bicyclic) bond motifs is 1. The number of hydrogen-bond acceptors (Lipinski definition) is 5. The van der Waals surface area contributed by atoms with Crippen molar-refractivity contribution in [2.75, 3.05) is 47.1 Å². The Bertz CT molecular complexity index is 622. The van der Waals surface area contributed by atoms with E-state index in [2.05, 4.69) is 44.7 Å². The Morgan fingerprint density at radius 3 is 2.31 bits per heavy atom. The summed E-state index contributed by atoms with van der Waals surface area (Å²) in [6.07, 6.45) is 1.71. The molecule has 0 saturated heterocycles. The monoisotopic (exact) mass is 362 g/mol. The Morgan fingerprint density at radius 2 is 1.69 bits per heavy atom. The van der Waals surface area contributed by atoms with Gasteiger partial charge < -0.3 is 19.1 Å². The predicted molar refractivity (Wildman–Crippen MR) is 107 cm³/mol. The second kappa shape index (κ2) is 9.38. The molecule has 0 radical (unpaired) electrons. The van der Waals surface area contributed by atoms with Crippen molar-refractivity contribution in [1.29, 1.82) is 0 Å². The predicted octanol–water partition coefficient (Wildman–Crippen LogP) is 3.58. The van der Waals surface area contributed by atoms with E-state index >= 15 is 0 Å². The van der Waals surface area contributed by atoms with Crippen LogP contribution in [0.2, 0.25) is 0 Å². The second-order valence-corrected chi connectivity index (χ2v) is 7.30. The third-order valence-corrected chi connectivity index (χ3v) is 4.91. The molecule has 2 rings (SSSR count). The van der Waals surface area contributed by atoms with E-state index in [9.17, 15) is 0 Å². The van der Waals surface area contributed by atoms with Crippen LogP contribution in [0.3, 0.4) is 0 Å². The summed E-state index contributed by atoms with van der Waals surface area (Å²) in [6, 6.07) is 4.14. The number of likely N-dealkylation sites (N-methyl/N-ethyl adjacent to an activating group) is 1. The summed E-state index contributed by atoms with van der Waals surface area (Å²) in [6.45, 7) is 13.3. The molecule has 1 aromatic carbocycles. The number of benzene rings is 1. The Hall–Kier alpha value is -1.59. The maximum absolute atomic E-state index is 5.88. The first-order valence-corrected chi connectivity index (χ1v) is 9.58. The van der Waals surface area contributed by atoms with Gasteiger partial charge in [0.2, 0.25) is 0 Å². The SMILES string of the molecule is CCN(CC)CCOCCC1=NC(C)(C)Cc2cc(OC)c(OC)cc21. The van der Waals surface area contributed by atoms with E-state index in [1.807, 2.05) is 0 Å². The summed E-state index contributed by atoms with van der Waals surface area (Å²) < 4.78 is 16.8. The van der Waals surface area contributed by atoms with Gasteiger partial charge in [-0.25, -0.2) is 0 Å². The Balaban J connectivity index is 2.07. The van der Waals surface area contributed by atoms with Crippen LogP contribution >= 0.6 is 0 Å². The number of methoxy groups -OCH3 is 2. The molecule has 0 saturated carbocycles. The molecule has 146 valence electrons. The average Bonchev–Trinajstić information content (AvgIpc) is 2.62. The van der Waals surface area contributed by atoms with Crippen molar-refractivity contribution >= 4 is 5.71 Å². The van der Waals surface area contributed by atoms with Gasteiger partial charge >= 0.3 is 0 Å². The van der Waals surface area contributed by atoms with E-state index in [0.29, 0.717) is 6.61 Å². The van der Waals surface area contributed by atoms with Crippen molar-refractivity contribution in [3.8, 4) is 11.5 Å². The van der Waals surface area contributed by atoms with Gasteiger partial charge in [-0.15, -0.1) is 0 Å². The van der Waals surface area contributed by atoms with Crippen molar-refractivity contribution < 1.29 is 14.2 Å². The summed E-state index contributed by atoms with van der Waals surface area (Å²) in [7, 11) is 3.35. The molecule has 5 heteroatoms. The van der Waals surface area contributed by atoms with Gasteiger partial charge in [0.1, 0.15) is 0 Å². The van der Waals surface area contributed by atoms with Crippen LogP contribution in [0.4, 0.5) is 0 Å². The molecule has 1 aliphatic rings. The molecule has 0 spiro atoms. The van der Waals surface area contributed by atoms with Crippen LogP contribution in [0.1, 0.15) is 45.2 Å². The normalized spacial score (nSPS) is 15.6. The highest BCUT2D eigenvalue weighted by Crippen LogP contribution is 2.36. The van der Waals surface area contributed by atoms with Gasteiger partial charge in [0.15, 0.2) is 11.5 Å². The minimum Gasteiger partial charge on any atom is -0.493 e. The highest BCUT2D eigenvalue weighted by atomic mass is 16.5. The maximum Gasteiger partial charge on any atom is 0.161 e. The largest absolute Gasteiger partial charge is 0.493 e. The van der Waals surface area contributed by atoms with Crippen LogP contribution in [0.5, 0.6) is 11.5 Å². The van der Waals surface area contributed by atoms with E-state index < -0.39 is 0 Å². The third-order valence-electron chi connectivity index (χ3n) is 4.91. The number of aliphatic imine (C=N–C) groups is 1. The summed E-state index contributed by atoms with van der Waals surface area (Å²) >= 11 is 0. The zero-order valence-electron chi connectivity index (χ0n) is 17.2. The van der Waals surface area contributed by atoms with Crippen LogP contribution in [0, 0.1) is 0 Å². The fourth-order valence-electron chi connectivity index (χ4n) is 3.46. The van der Waals surface area contributed by atoms with E-state index in [0.717, 1.165) is 61.9 Å². The highest BCUT2D eigenvalue weighted by Gasteiger charge is 2.28. The third kappa shape index (κ3) is 5.21. The molecule has 1 aromatic rings. The molecule has 0 amide bonds. The van der Waals surface area contributed by atoms with Crippen molar-refractivity contribution in [3.63, 3.8) is 0 Å². The molecule has 26 heavy (non-hydrogen) atoms. The van der Waals surface area contributed by atoms with E-state index in [1.54, 1.807) is 14.2 Å². The lowest BCUT2D eigenvalue weighted by atomic mass is 9.86. The van der Waals surface area contributed by atoms with Crippen molar-refractivity contribution in [2.24, 2.45) is 4.99 Å². The molecule has 0 aromatic heterocycles. The number of rotatable bonds is 10. The first kappa shape index (κ1) is 20.7. The molecular weight excluding hydrogens is 328 g/mol. The number of hydrogen-bond donors (Lipinski definition) is 0. The molecule has 0 unspecified atom stereocenters. The molecule has 0 bridgehead atoms. The first-order valence-electron chi connectivity index (χ1n) is 9.58. The number of nitrogens with zero attached hydrogens (tertiary/aromatic N) is 2. The first-order chi connectivity index (χ1) is 12.4. The van der Waals surface area contributed by atoms with Gasteiger partial charge in [0.05, 0.1) is 33.0 Å². The average molecular weight is 363 g/mol. The minimum absolute atomic E-state index is 0.108. The fraction of sp³-hybridized carbons (Fsp3) is 0.667. The van der Waals surface area contributed by atoms with Crippen molar-refractivity contribution in [3.05, 3.63) is 23.3 Å². The van der Waals surface area contributed by atoms with Gasteiger partial charge in [-0.3, -0.25) is 4.99 Å². The quantitative estimate of drug-likeness (QED) is 0.597. The maximum atomic E-state index is 5.88. The molecule has 5 nitrogen and oxygen atoms in total. The molecular formula is C21H34N2O3. The smallest absolute Gasteiger partial charge is 0.161 e. The zero-order chi connectivity index (χ0) is 19.2. The van der Waals surface area contributed by atoms with Crippen molar-refractivity contribution in [1.82, 2.24) is 4.90 Å². The topological polar surface area (TPSA) is 43.3 Å².